The zero-order valence-corrected chi connectivity index (χ0v) is 11.5. The number of ether oxygens (including phenoxy) is 1. The summed E-state index contributed by atoms with van der Waals surface area (Å²) in [5.41, 5.74) is 7.39. The van der Waals surface area contributed by atoms with Gasteiger partial charge in [-0.1, -0.05) is 23.8 Å². The number of nitrogens with two attached hydrogens (primary N) is 1. The number of nitrogens with zero attached hydrogens (tertiary/aromatic N) is 1. The SMILES string of the molecule is COc1cnccc1C(NN)c1cc(C)ccc1C. The predicted octanol–water partition coefficient (Wildman–Crippen LogP) is 2.26. The lowest BCUT2D eigenvalue weighted by atomic mass is 9.94. The van der Waals surface area contributed by atoms with E-state index in [1.54, 1.807) is 19.5 Å². The van der Waals surface area contributed by atoms with Crippen molar-refractivity contribution in [3.05, 3.63) is 58.9 Å². The molecule has 0 saturated heterocycles. The van der Waals surface area contributed by atoms with Crippen molar-refractivity contribution in [1.82, 2.24) is 10.4 Å². The Morgan fingerprint density at radius 3 is 2.68 bits per heavy atom. The fraction of sp³-hybridized carbons (Fsp3) is 0.267. The van der Waals surface area contributed by atoms with Gasteiger partial charge in [-0.15, -0.1) is 0 Å². The molecule has 0 radical (unpaired) electrons. The fourth-order valence-electron chi connectivity index (χ4n) is 2.22. The van der Waals surface area contributed by atoms with Gasteiger partial charge in [0.15, 0.2) is 0 Å². The molecule has 1 aromatic carbocycles. The minimum Gasteiger partial charge on any atom is -0.495 e. The molecule has 1 unspecified atom stereocenters. The molecule has 0 bridgehead atoms. The van der Waals surface area contributed by atoms with Crippen molar-refractivity contribution in [2.24, 2.45) is 5.84 Å². The van der Waals surface area contributed by atoms with E-state index in [4.69, 9.17) is 10.6 Å². The number of aromatic nitrogens is 1. The van der Waals surface area contributed by atoms with E-state index in [9.17, 15) is 0 Å². The van der Waals surface area contributed by atoms with Crippen molar-refractivity contribution in [1.29, 1.82) is 0 Å². The molecule has 4 nitrogen and oxygen atoms in total. The third-order valence-corrected chi connectivity index (χ3v) is 3.26. The van der Waals surface area contributed by atoms with Crippen molar-refractivity contribution in [3.8, 4) is 5.75 Å². The van der Waals surface area contributed by atoms with Gasteiger partial charge in [0.05, 0.1) is 19.3 Å². The van der Waals surface area contributed by atoms with Gasteiger partial charge in [-0.2, -0.15) is 0 Å². The molecule has 1 aromatic heterocycles. The molecule has 0 amide bonds. The molecule has 100 valence electrons. The van der Waals surface area contributed by atoms with Crippen LogP contribution in [0.25, 0.3) is 0 Å². The van der Waals surface area contributed by atoms with Gasteiger partial charge in [0.25, 0.3) is 0 Å². The number of methoxy groups -OCH3 is 1. The molecule has 0 aliphatic heterocycles. The van der Waals surface area contributed by atoms with Crippen LogP contribution in [-0.4, -0.2) is 12.1 Å². The van der Waals surface area contributed by atoms with Crippen LogP contribution in [0.15, 0.2) is 36.7 Å². The van der Waals surface area contributed by atoms with Gasteiger partial charge >= 0.3 is 0 Å². The largest absolute Gasteiger partial charge is 0.495 e. The maximum absolute atomic E-state index is 5.75. The number of pyridine rings is 1. The highest BCUT2D eigenvalue weighted by atomic mass is 16.5. The van der Waals surface area contributed by atoms with Gasteiger partial charge < -0.3 is 4.74 Å². The summed E-state index contributed by atoms with van der Waals surface area (Å²) in [4.78, 5) is 4.07. The zero-order chi connectivity index (χ0) is 13.8. The monoisotopic (exact) mass is 257 g/mol. The second-order valence-corrected chi connectivity index (χ2v) is 4.58. The van der Waals surface area contributed by atoms with Gasteiger partial charge in [-0.25, -0.2) is 5.43 Å². The molecule has 0 fully saturated rings. The van der Waals surface area contributed by atoms with Crippen molar-refractivity contribution in [3.63, 3.8) is 0 Å². The third-order valence-electron chi connectivity index (χ3n) is 3.26. The molecule has 4 heteroatoms. The van der Waals surface area contributed by atoms with E-state index in [-0.39, 0.29) is 6.04 Å². The summed E-state index contributed by atoms with van der Waals surface area (Å²) >= 11 is 0. The summed E-state index contributed by atoms with van der Waals surface area (Å²) < 4.78 is 5.36. The number of benzene rings is 1. The molecular weight excluding hydrogens is 238 g/mol. The van der Waals surface area contributed by atoms with Crippen LogP contribution in [0.1, 0.15) is 28.3 Å². The Bertz CT molecular complexity index is 569. The number of hydrazine groups is 1. The summed E-state index contributed by atoms with van der Waals surface area (Å²) in [5.74, 6) is 6.48. The summed E-state index contributed by atoms with van der Waals surface area (Å²) in [7, 11) is 1.64. The van der Waals surface area contributed by atoms with Crippen molar-refractivity contribution >= 4 is 0 Å². The third kappa shape index (κ3) is 2.75. The molecule has 2 aromatic rings. The summed E-state index contributed by atoms with van der Waals surface area (Å²) in [6.07, 6.45) is 3.44. The Kier molecular flexibility index (Phi) is 4.14. The highest BCUT2D eigenvalue weighted by Gasteiger charge is 2.18. The lowest BCUT2D eigenvalue weighted by molar-refractivity contribution is 0.402. The van der Waals surface area contributed by atoms with Crippen LogP contribution in [0, 0.1) is 13.8 Å². The number of nitrogens with one attached hydrogen (secondary N) is 1. The molecule has 1 heterocycles. The number of hydrogen-bond acceptors (Lipinski definition) is 4. The Hall–Kier alpha value is -1.91. The molecule has 1 atom stereocenters. The van der Waals surface area contributed by atoms with Crippen LogP contribution in [0.2, 0.25) is 0 Å². The van der Waals surface area contributed by atoms with Gasteiger partial charge in [-0.05, 0) is 31.0 Å². The minimum absolute atomic E-state index is 0.113. The van der Waals surface area contributed by atoms with Gasteiger partial charge in [0, 0.05) is 11.8 Å². The van der Waals surface area contributed by atoms with E-state index in [0.29, 0.717) is 0 Å². The van der Waals surface area contributed by atoms with Crippen LogP contribution >= 0.6 is 0 Å². The molecule has 0 saturated carbocycles. The van der Waals surface area contributed by atoms with E-state index in [2.05, 4.69) is 42.5 Å². The first-order chi connectivity index (χ1) is 9.17. The maximum Gasteiger partial charge on any atom is 0.142 e. The maximum atomic E-state index is 5.75. The van der Waals surface area contributed by atoms with Crippen LogP contribution in [0.5, 0.6) is 5.75 Å². The molecule has 3 N–H and O–H groups in total. The number of rotatable bonds is 4. The topological polar surface area (TPSA) is 60.2 Å². The lowest BCUT2D eigenvalue weighted by Crippen LogP contribution is -2.29. The summed E-state index contributed by atoms with van der Waals surface area (Å²) in [6, 6.07) is 8.14. The molecule has 0 spiro atoms. The Morgan fingerprint density at radius 2 is 2.00 bits per heavy atom. The van der Waals surface area contributed by atoms with E-state index in [0.717, 1.165) is 16.9 Å². The Labute approximate surface area is 113 Å². The second kappa shape index (κ2) is 5.82. The zero-order valence-electron chi connectivity index (χ0n) is 11.5. The predicted molar refractivity (Wildman–Crippen MR) is 75.9 cm³/mol. The minimum atomic E-state index is -0.113. The van der Waals surface area contributed by atoms with Crippen molar-refractivity contribution in [2.45, 2.75) is 19.9 Å². The molecular formula is C15H19N3O. The fourth-order valence-corrected chi connectivity index (χ4v) is 2.22. The molecule has 2 rings (SSSR count). The van der Waals surface area contributed by atoms with Crippen LogP contribution in [0.4, 0.5) is 0 Å². The van der Waals surface area contributed by atoms with E-state index in [1.807, 2.05) is 6.07 Å². The van der Waals surface area contributed by atoms with Crippen LogP contribution < -0.4 is 16.0 Å². The molecule has 0 aliphatic carbocycles. The van der Waals surface area contributed by atoms with Crippen LogP contribution in [0.3, 0.4) is 0 Å². The number of aryl methyl sites for hydroxylation is 2. The standard InChI is InChI=1S/C15H19N3O/c1-10-4-5-11(2)13(8-10)15(18-16)12-6-7-17-9-14(12)19-3/h4-9,15,18H,16H2,1-3H3. The highest BCUT2D eigenvalue weighted by Crippen LogP contribution is 2.30. The first-order valence-corrected chi connectivity index (χ1v) is 6.18. The van der Waals surface area contributed by atoms with E-state index in [1.165, 1.54) is 11.1 Å². The van der Waals surface area contributed by atoms with Crippen LogP contribution in [-0.2, 0) is 0 Å². The quantitative estimate of drug-likeness (QED) is 0.651. The second-order valence-electron chi connectivity index (χ2n) is 4.58. The average Bonchev–Trinajstić information content (AvgIpc) is 2.44. The van der Waals surface area contributed by atoms with Crippen molar-refractivity contribution < 1.29 is 4.74 Å². The van der Waals surface area contributed by atoms with Gasteiger partial charge in [0.2, 0.25) is 0 Å². The molecule has 19 heavy (non-hydrogen) atoms. The normalized spacial score (nSPS) is 12.2. The first kappa shape index (κ1) is 13.5. The van der Waals surface area contributed by atoms with E-state index < -0.39 is 0 Å². The summed E-state index contributed by atoms with van der Waals surface area (Å²) in [5, 5.41) is 0. The van der Waals surface area contributed by atoms with Gasteiger partial charge in [-0.3, -0.25) is 10.8 Å². The Morgan fingerprint density at radius 1 is 1.21 bits per heavy atom. The highest BCUT2D eigenvalue weighted by molar-refractivity contribution is 5.43. The van der Waals surface area contributed by atoms with E-state index >= 15 is 0 Å². The average molecular weight is 257 g/mol. The lowest BCUT2D eigenvalue weighted by Gasteiger charge is -2.21. The molecule has 0 aliphatic rings. The van der Waals surface area contributed by atoms with Crippen molar-refractivity contribution in [2.75, 3.05) is 7.11 Å². The van der Waals surface area contributed by atoms with Gasteiger partial charge in [0.1, 0.15) is 5.75 Å². The number of hydrogen-bond donors (Lipinski definition) is 2. The Balaban J connectivity index is 2.53. The first-order valence-electron chi connectivity index (χ1n) is 6.18. The summed E-state index contributed by atoms with van der Waals surface area (Å²) in [6.45, 7) is 4.15. The smallest absolute Gasteiger partial charge is 0.142 e.